The van der Waals surface area contributed by atoms with Gasteiger partial charge in [0.05, 0.1) is 18.7 Å². The van der Waals surface area contributed by atoms with Gasteiger partial charge in [0.15, 0.2) is 0 Å². The molecule has 5 nitrogen and oxygen atoms in total. The minimum absolute atomic E-state index is 0.00241. The molecule has 26 heavy (non-hydrogen) atoms. The van der Waals surface area contributed by atoms with E-state index in [9.17, 15) is 9.59 Å². The molecule has 1 saturated carbocycles. The normalized spacial score (nSPS) is 21.6. The van der Waals surface area contributed by atoms with Crippen molar-refractivity contribution in [3.63, 3.8) is 0 Å². The summed E-state index contributed by atoms with van der Waals surface area (Å²) in [6.07, 6.45) is 7.16. The minimum atomic E-state index is -0.313. The van der Waals surface area contributed by atoms with E-state index in [0.717, 1.165) is 18.4 Å². The number of halogens is 1. The second-order valence-electron chi connectivity index (χ2n) is 7.38. The summed E-state index contributed by atoms with van der Waals surface area (Å²) in [5.74, 6) is 0.189. The van der Waals surface area contributed by atoms with Crippen molar-refractivity contribution in [1.29, 1.82) is 0 Å². The van der Waals surface area contributed by atoms with Gasteiger partial charge in [-0.15, -0.1) is 0 Å². The van der Waals surface area contributed by atoms with Gasteiger partial charge in [-0.1, -0.05) is 37.3 Å². The highest BCUT2D eigenvalue weighted by molar-refractivity contribution is 6.31. The van der Waals surface area contributed by atoms with Crippen molar-refractivity contribution in [2.45, 2.75) is 57.9 Å². The summed E-state index contributed by atoms with van der Waals surface area (Å²) >= 11 is 6.16. The Labute approximate surface area is 160 Å². The predicted molar refractivity (Wildman–Crippen MR) is 103 cm³/mol. The molecule has 1 saturated heterocycles. The van der Waals surface area contributed by atoms with Crippen LogP contribution in [-0.2, 0) is 9.59 Å². The van der Waals surface area contributed by atoms with E-state index in [1.807, 2.05) is 13.0 Å². The van der Waals surface area contributed by atoms with Gasteiger partial charge in [0.1, 0.15) is 5.75 Å². The maximum Gasteiger partial charge on any atom is 0.227 e. The quantitative estimate of drug-likeness (QED) is 0.809. The average Bonchev–Trinajstić information content (AvgIpc) is 2.83. The van der Waals surface area contributed by atoms with Crippen LogP contribution >= 0.6 is 11.6 Å². The number of anilines is 1. The summed E-state index contributed by atoms with van der Waals surface area (Å²) in [5.41, 5.74) is 1.56. The molecule has 0 aromatic heterocycles. The number of nitrogens with one attached hydrogen (secondary N) is 1. The Balaban J connectivity index is 1.70. The number of amides is 2. The summed E-state index contributed by atoms with van der Waals surface area (Å²) in [6, 6.07) is 3.82. The standard InChI is InChI=1S/C20H27ClN2O3/c1-13-9-17(18(26-2)11-16(13)21)23-12-14(10-19(23)24)20(25)22-15-7-5-3-4-6-8-15/h9,11,14-15H,3-8,10,12H2,1-2H3,(H,22,25). The van der Waals surface area contributed by atoms with Gasteiger partial charge in [0.2, 0.25) is 11.8 Å². The monoisotopic (exact) mass is 378 g/mol. The summed E-state index contributed by atoms with van der Waals surface area (Å²) in [7, 11) is 1.56. The first-order chi connectivity index (χ1) is 12.5. The lowest BCUT2D eigenvalue weighted by Gasteiger charge is -2.22. The summed E-state index contributed by atoms with van der Waals surface area (Å²) in [4.78, 5) is 26.9. The first-order valence-corrected chi connectivity index (χ1v) is 9.82. The van der Waals surface area contributed by atoms with Gasteiger partial charge in [-0.3, -0.25) is 9.59 Å². The maximum absolute atomic E-state index is 12.7. The Morgan fingerprint density at radius 1 is 1.23 bits per heavy atom. The van der Waals surface area contributed by atoms with Crippen LogP contribution in [-0.4, -0.2) is 31.5 Å². The van der Waals surface area contributed by atoms with E-state index in [-0.39, 0.29) is 30.2 Å². The van der Waals surface area contributed by atoms with E-state index in [1.165, 1.54) is 25.7 Å². The van der Waals surface area contributed by atoms with Crippen LogP contribution in [0, 0.1) is 12.8 Å². The summed E-state index contributed by atoms with van der Waals surface area (Å²) in [6.45, 7) is 2.27. The molecule has 0 radical (unpaired) electrons. The average molecular weight is 379 g/mol. The van der Waals surface area contributed by atoms with Crippen LogP contribution in [0.4, 0.5) is 5.69 Å². The second-order valence-corrected chi connectivity index (χ2v) is 7.78. The lowest BCUT2D eigenvalue weighted by atomic mass is 10.0. The Morgan fingerprint density at radius 2 is 1.92 bits per heavy atom. The molecule has 0 spiro atoms. The van der Waals surface area contributed by atoms with Crippen molar-refractivity contribution in [3.05, 3.63) is 22.7 Å². The Hall–Kier alpha value is -1.75. The van der Waals surface area contributed by atoms with E-state index in [0.29, 0.717) is 23.0 Å². The van der Waals surface area contributed by atoms with Crippen molar-refractivity contribution in [2.75, 3.05) is 18.6 Å². The molecular weight excluding hydrogens is 352 g/mol. The van der Waals surface area contributed by atoms with Gasteiger partial charge in [-0.25, -0.2) is 0 Å². The Morgan fingerprint density at radius 3 is 2.58 bits per heavy atom. The molecule has 1 heterocycles. The van der Waals surface area contributed by atoms with E-state index in [4.69, 9.17) is 16.3 Å². The number of carbonyl (C=O) groups is 2. The number of carbonyl (C=O) groups excluding carboxylic acids is 2. The fourth-order valence-corrected chi connectivity index (χ4v) is 4.03. The van der Waals surface area contributed by atoms with Crippen LogP contribution in [0.2, 0.25) is 5.02 Å². The third kappa shape index (κ3) is 4.14. The number of nitrogens with zero attached hydrogens (tertiary/aromatic N) is 1. The molecule has 1 aromatic carbocycles. The van der Waals surface area contributed by atoms with E-state index in [1.54, 1.807) is 18.1 Å². The van der Waals surface area contributed by atoms with Crippen molar-refractivity contribution < 1.29 is 14.3 Å². The minimum Gasteiger partial charge on any atom is -0.495 e. The molecule has 1 atom stereocenters. The van der Waals surface area contributed by atoms with Gasteiger partial charge < -0.3 is 15.0 Å². The molecular formula is C20H27ClN2O3. The highest BCUT2D eigenvalue weighted by Gasteiger charge is 2.37. The molecule has 2 fully saturated rings. The van der Waals surface area contributed by atoms with Crippen molar-refractivity contribution in [1.82, 2.24) is 5.32 Å². The van der Waals surface area contributed by atoms with Gasteiger partial charge in [-0.2, -0.15) is 0 Å². The molecule has 6 heteroatoms. The molecule has 1 unspecified atom stereocenters. The molecule has 1 N–H and O–H groups in total. The van der Waals surface area contributed by atoms with Crippen LogP contribution < -0.4 is 15.0 Å². The lowest BCUT2D eigenvalue weighted by Crippen LogP contribution is -2.39. The first-order valence-electron chi connectivity index (χ1n) is 9.44. The van der Waals surface area contributed by atoms with Gasteiger partial charge >= 0.3 is 0 Å². The Bertz CT molecular complexity index is 684. The largest absolute Gasteiger partial charge is 0.495 e. The van der Waals surface area contributed by atoms with Crippen LogP contribution in [0.25, 0.3) is 0 Å². The van der Waals surface area contributed by atoms with E-state index >= 15 is 0 Å². The summed E-state index contributed by atoms with van der Waals surface area (Å²) in [5, 5.41) is 3.77. The van der Waals surface area contributed by atoms with Gasteiger partial charge in [-0.05, 0) is 31.4 Å². The van der Waals surface area contributed by atoms with Crippen molar-refractivity contribution in [2.24, 2.45) is 5.92 Å². The third-order valence-electron chi connectivity index (χ3n) is 5.45. The Kier molecular flexibility index (Phi) is 6.07. The number of ether oxygens (including phenoxy) is 1. The number of rotatable bonds is 4. The molecule has 142 valence electrons. The third-order valence-corrected chi connectivity index (χ3v) is 5.86. The predicted octanol–water partition coefficient (Wildman–Crippen LogP) is 3.85. The smallest absolute Gasteiger partial charge is 0.227 e. The SMILES string of the molecule is COc1cc(Cl)c(C)cc1N1CC(C(=O)NC2CCCCCC2)CC1=O. The van der Waals surface area contributed by atoms with Crippen LogP contribution in [0.5, 0.6) is 5.75 Å². The molecule has 3 rings (SSSR count). The van der Waals surface area contributed by atoms with Crippen LogP contribution in [0.3, 0.4) is 0 Å². The fraction of sp³-hybridized carbons (Fsp3) is 0.600. The number of benzene rings is 1. The number of aryl methyl sites for hydroxylation is 1. The van der Waals surface area contributed by atoms with E-state index < -0.39 is 0 Å². The van der Waals surface area contributed by atoms with Crippen LogP contribution in [0.15, 0.2) is 12.1 Å². The number of hydrogen-bond donors (Lipinski definition) is 1. The maximum atomic E-state index is 12.7. The van der Waals surface area contributed by atoms with Crippen molar-refractivity contribution >= 4 is 29.1 Å². The molecule has 2 amide bonds. The molecule has 1 aromatic rings. The summed E-state index contributed by atoms with van der Waals surface area (Å²) < 4.78 is 5.39. The lowest BCUT2D eigenvalue weighted by molar-refractivity contribution is -0.127. The molecule has 1 aliphatic carbocycles. The van der Waals surface area contributed by atoms with Crippen molar-refractivity contribution in [3.8, 4) is 5.75 Å². The van der Waals surface area contributed by atoms with Gasteiger partial charge in [0.25, 0.3) is 0 Å². The first kappa shape index (κ1) is 19.0. The topological polar surface area (TPSA) is 58.6 Å². The van der Waals surface area contributed by atoms with E-state index in [2.05, 4.69) is 5.32 Å². The zero-order valence-electron chi connectivity index (χ0n) is 15.5. The van der Waals surface area contributed by atoms with Crippen LogP contribution in [0.1, 0.15) is 50.5 Å². The molecule has 2 aliphatic rings. The fourth-order valence-electron chi connectivity index (χ4n) is 3.88. The zero-order chi connectivity index (χ0) is 18.7. The number of methoxy groups -OCH3 is 1. The highest BCUT2D eigenvalue weighted by Crippen LogP contribution is 2.37. The molecule has 1 aliphatic heterocycles. The number of hydrogen-bond acceptors (Lipinski definition) is 3. The second kappa shape index (κ2) is 8.30. The zero-order valence-corrected chi connectivity index (χ0v) is 16.3. The van der Waals surface area contributed by atoms with Gasteiger partial charge in [0, 0.05) is 30.1 Å². The molecule has 0 bridgehead atoms. The highest BCUT2D eigenvalue weighted by atomic mass is 35.5.